The average molecular weight is 380 g/mol. The summed E-state index contributed by atoms with van der Waals surface area (Å²) in [7, 11) is 2.97. The number of carboxylic acids is 1. The number of aliphatic carboxylic acids is 1. The molecule has 150 valence electrons. The Hall–Kier alpha value is -2.77. The molecule has 3 N–H and O–H groups in total. The molecule has 8 nitrogen and oxygen atoms in total. The number of carbonyl (C=O) groups excluding carboxylic acids is 2. The zero-order chi connectivity index (χ0) is 20.6. The molecule has 0 radical (unpaired) electrons. The number of rotatable bonds is 10. The third-order valence-corrected chi connectivity index (χ3v) is 4.03. The first-order chi connectivity index (χ1) is 12.7. The van der Waals surface area contributed by atoms with Crippen LogP contribution in [0.3, 0.4) is 0 Å². The minimum atomic E-state index is -0.920. The lowest BCUT2D eigenvalue weighted by Gasteiger charge is -2.24. The van der Waals surface area contributed by atoms with E-state index in [1.54, 1.807) is 25.1 Å². The molecule has 0 saturated heterocycles. The maximum atomic E-state index is 12.6. The molecular weight excluding hydrogens is 352 g/mol. The van der Waals surface area contributed by atoms with Crippen LogP contribution in [0.4, 0.5) is 0 Å². The van der Waals surface area contributed by atoms with E-state index in [2.05, 4.69) is 10.6 Å². The van der Waals surface area contributed by atoms with Crippen molar-refractivity contribution in [1.82, 2.24) is 10.6 Å². The van der Waals surface area contributed by atoms with E-state index < -0.39 is 17.9 Å². The van der Waals surface area contributed by atoms with Crippen molar-refractivity contribution in [3.05, 3.63) is 23.8 Å². The van der Waals surface area contributed by atoms with Gasteiger partial charge in [0.15, 0.2) is 0 Å². The summed E-state index contributed by atoms with van der Waals surface area (Å²) in [4.78, 5) is 35.8. The molecule has 0 aliphatic rings. The molecule has 27 heavy (non-hydrogen) atoms. The normalized spacial score (nSPS) is 12.8. The van der Waals surface area contributed by atoms with Crippen molar-refractivity contribution >= 4 is 17.8 Å². The Labute approximate surface area is 159 Å². The van der Waals surface area contributed by atoms with Crippen LogP contribution in [0, 0.1) is 5.92 Å². The first kappa shape index (κ1) is 22.3. The van der Waals surface area contributed by atoms with Crippen LogP contribution in [-0.2, 0) is 9.59 Å². The number of methoxy groups -OCH3 is 2. The number of carbonyl (C=O) groups is 3. The van der Waals surface area contributed by atoms with E-state index in [9.17, 15) is 14.4 Å². The highest BCUT2D eigenvalue weighted by Gasteiger charge is 2.26. The molecule has 0 heterocycles. The van der Waals surface area contributed by atoms with Crippen molar-refractivity contribution in [2.24, 2.45) is 5.92 Å². The molecule has 8 heteroatoms. The molecule has 2 unspecified atom stereocenters. The van der Waals surface area contributed by atoms with Gasteiger partial charge >= 0.3 is 5.97 Å². The van der Waals surface area contributed by atoms with E-state index in [0.717, 1.165) is 0 Å². The smallest absolute Gasteiger partial charge is 0.303 e. The number of ether oxygens (including phenoxy) is 2. The predicted molar refractivity (Wildman–Crippen MR) is 100 cm³/mol. The van der Waals surface area contributed by atoms with Gasteiger partial charge in [-0.05, 0) is 31.4 Å². The van der Waals surface area contributed by atoms with E-state index in [1.165, 1.54) is 14.2 Å². The molecule has 1 aromatic carbocycles. The van der Waals surface area contributed by atoms with Crippen LogP contribution >= 0.6 is 0 Å². The first-order valence-corrected chi connectivity index (χ1v) is 8.74. The molecule has 0 aliphatic heterocycles. The Bertz CT molecular complexity index is 652. The number of benzene rings is 1. The number of hydrogen-bond acceptors (Lipinski definition) is 5. The predicted octanol–water partition coefficient (Wildman–Crippen LogP) is 1.83. The van der Waals surface area contributed by atoms with Crippen LogP contribution in [0.15, 0.2) is 18.2 Å². The highest BCUT2D eigenvalue weighted by Crippen LogP contribution is 2.22. The molecule has 0 saturated carbocycles. The van der Waals surface area contributed by atoms with Crippen molar-refractivity contribution in [1.29, 1.82) is 0 Å². The summed E-state index contributed by atoms with van der Waals surface area (Å²) in [6.45, 7) is 5.37. The van der Waals surface area contributed by atoms with Crippen LogP contribution in [0.25, 0.3) is 0 Å². The standard InChI is InChI=1S/C19H28N2O6/c1-11(2)17(19(25)20-12(3)6-7-16(22)23)21-18(24)13-8-14(26-4)10-15(9-13)27-5/h8-12,17H,6-7H2,1-5H3,(H,20,25)(H,21,24)(H,22,23). The van der Waals surface area contributed by atoms with E-state index in [1.807, 2.05) is 13.8 Å². The van der Waals surface area contributed by atoms with E-state index in [4.69, 9.17) is 14.6 Å². The maximum absolute atomic E-state index is 12.6. The van der Waals surface area contributed by atoms with Gasteiger partial charge in [-0.3, -0.25) is 14.4 Å². The van der Waals surface area contributed by atoms with Crippen LogP contribution in [0.1, 0.15) is 44.0 Å². The fourth-order valence-electron chi connectivity index (χ4n) is 2.44. The SMILES string of the molecule is COc1cc(OC)cc(C(=O)NC(C(=O)NC(C)CCC(=O)O)C(C)C)c1. The lowest BCUT2D eigenvalue weighted by atomic mass is 10.0. The van der Waals surface area contributed by atoms with Gasteiger partial charge in [0, 0.05) is 24.1 Å². The maximum Gasteiger partial charge on any atom is 0.303 e. The molecule has 2 amide bonds. The van der Waals surface area contributed by atoms with Crippen molar-refractivity contribution in [2.75, 3.05) is 14.2 Å². The summed E-state index contributed by atoms with van der Waals surface area (Å²) in [5.74, 6) is -0.935. The number of hydrogen-bond donors (Lipinski definition) is 3. The van der Waals surface area contributed by atoms with E-state index in [-0.39, 0.29) is 24.3 Å². The van der Waals surface area contributed by atoms with Crippen molar-refractivity contribution < 1.29 is 29.0 Å². The molecular formula is C19H28N2O6. The van der Waals surface area contributed by atoms with E-state index >= 15 is 0 Å². The summed E-state index contributed by atoms with van der Waals surface area (Å²) >= 11 is 0. The van der Waals surface area contributed by atoms with Gasteiger partial charge in [0.2, 0.25) is 5.91 Å². The summed E-state index contributed by atoms with van der Waals surface area (Å²) in [5, 5.41) is 14.2. The number of carboxylic acid groups (broad SMARTS) is 1. The van der Waals surface area contributed by atoms with Crippen LogP contribution < -0.4 is 20.1 Å². The summed E-state index contributed by atoms with van der Waals surface area (Å²) in [5.41, 5.74) is 0.309. The van der Waals surface area contributed by atoms with Gasteiger partial charge in [-0.2, -0.15) is 0 Å². The Morgan fingerprint density at radius 1 is 1.00 bits per heavy atom. The first-order valence-electron chi connectivity index (χ1n) is 8.74. The monoisotopic (exact) mass is 380 g/mol. The molecule has 0 spiro atoms. The van der Waals surface area contributed by atoms with Crippen molar-refractivity contribution in [2.45, 2.75) is 45.7 Å². The Balaban J connectivity index is 2.85. The second-order valence-electron chi connectivity index (χ2n) is 6.64. The fourth-order valence-corrected chi connectivity index (χ4v) is 2.44. The second-order valence-corrected chi connectivity index (χ2v) is 6.64. The molecule has 1 rings (SSSR count). The number of amides is 2. The molecule has 0 aliphatic carbocycles. The minimum absolute atomic E-state index is 0.0379. The van der Waals surface area contributed by atoms with Crippen molar-refractivity contribution in [3.8, 4) is 11.5 Å². The van der Waals surface area contributed by atoms with Gasteiger partial charge < -0.3 is 25.2 Å². The molecule has 2 atom stereocenters. The largest absolute Gasteiger partial charge is 0.497 e. The summed E-state index contributed by atoms with van der Waals surface area (Å²) in [6.07, 6.45) is 0.274. The average Bonchev–Trinajstić information content (AvgIpc) is 2.63. The molecule has 0 bridgehead atoms. The lowest BCUT2D eigenvalue weighted by molar-refractivity contribution is -0.137. The Morgan fingerprint density at radius 3 is 2.00 bits per heavy atom. The summed E-state index contributed by atoms with van der Waals surface area (Å²) < 4.78 is 10.3. The van der Waals surface area contributed by atoms with Crippen molar-refractivity contribution in [3.63, 3.8) is 0 Å². The van der Waals surface area contributed by atoms with Crippen LogP contribution in [0.5, 0.6) is 11.5 Å². The zero-order valence-electron chi connectivity index (χ0n) is 16.4. The van der Waals surface area contributed by atoms with Crippen LogP contribution in [-0.4, -0.2) is 49.2 Å². The van der Waals surface area contributed by atoms with Gasteiger partial charge in [-0.1, -0.05) is 13.8 Å². The van der Waals surface area contributed by atoms with Gasteiger partial charge in [-0.25, -0.2) is 0 Å². The Kier molecular flexibility index (Phi) is 8.58. The van der Waals surface area contributed by atoms with Gasteiger partial charge in [0.1, 0.15) is 17.5 Å². The van der Waals surface area contributed by atoms with Gasteiger partial charge in [0.25, 0.3) is 5.91 Å². The summed E-state index contributed by atoms with van der Waals surface area (Å²) in [6, 6.07) is 3.68. The highest BCUT2D eigenvalue weighted by atomic mass is 16.5. The van der Waals surface area contributed by atoms with E-state index in [0.29, 0.717) is 23.5 Å². The quantitative estimate of drug-likeness (QED) is 0.571. The number of nitrogens with one attached hydrogen (secondary N) is 2. The topological polar surface area (TPSA) is 114 Å². The zero-order valence-corrected chi connectivity index (χ0v) is 16.4. The van der Waals surface area contributed by atoms with Gasteiger partial charge in [0.05, 0.1) is 14.2 Å². The highest BCUT2D eigenvalue weighted by molar-refractivity contribution is 5.98. The third kappa shape index (κ3) is 7.16. The van der Waals surface area contributed by atoms with Gasteiger partial charge in [-0.15, -0.1) is 0 Å². The second kappa shape index (κ2) is 10.4. The molecule has 1 aromatic rings. The fraction of sp³-hybridized carbons (Fsp3) is 0.526. The van der Waals surface area contributed by atoms with Crippen LogP contribution in [0.2, 0.25) is 0 Å². The lowest BCUT2D eigenvalue weighted by Crippen LogP contribution is -2.51. The molecule has 0 fully saturated rings. The minimum Gasteiger partial charge on any atom is -0.497 e. The third-order valence-electron chi connectivity index (χ3n) is 4.03. The Morgan fingerprint density at radius 2 is 1.56 bits per heavy atom. The molecule has 0 aromatic heterocycles.